The first-order valence-electron chi connectivity index (χ1n) is 22.4. The number of aliphatic imine (C=N–C) groups is 1. The highest BCUT2D eigenvalue weighted by Gasteiger charge is 2.32. The van der Waals surface area contributed by atoms with Crippen LogP contribution in [0.2, 0.25) is 0 Å². The van der Waals surface area contributed by atoms with Gasteiger partial charge in [-0.05, 0) is 140 Å². The number of rotatable bonds is 14. The highest BCUT2D eigenvalue weighted by atomic mass is 19.1. The van der Waals surface area contributed by atoms with Crippen LogP contribution in [-0.4, -0.2) is 91.2 Å². The number of carbonyl (C=O) groups excluding carboxylic acids is 5. The number of nitrogens with one attached hydrogen (secondary N) is 3. The number of hydrogen-bond donors (Lipinski definition) is 3. The van der Waals surface area contributed by atoms with Crippen molar-refractivity contribution in [1.29, 1.82) is 0 Å². The predicted octanol–water partition coefficient (Wildman–Crippen LogP) is 8.89. The molecule has 16 heteroatoms. The highest BCUT2D eigenvalue weighted by molar-refractivity contribution is 6.01. The number of methoxy groups -OCH3 is 1. The van der Waals surface area contributed by atoms with Crippen molar-refractivity contribution in [2.75, 3.05) is 38.7 Å². The Hall–Kier alpha value is -6.19. The first kappa shape index (κ1) is 48.3. The number of alkyl carbamates (subject to hydrolysis) is 1. The first-order chi connectivity index (χ1) is 30.9. The fourth-order valence-electron chi connectivity index (χ4n) is 8.28. The van der Waals surface area contributed by atoms with Crippen molar-refractivity contribution in [3.8, 4) is 16.9 Å². The van der Waals surface area contributed by atoms with Crippen LogP contribution in [0.25, 0.3) is 11.1 Å². The second-order valence-corrected chi connectivity index (χ2v) is 19.0. The van der Waals surface area contributed by atoms with E-state index in [-0.39, 0.29) is 60.4 Å². The van der Waals surface area contributed by atoms with Crippen molar-refractivity contribution < 1.29 is 42.6 Å². The smallest absolute Gasteiger partial charge is 0.410 e. The van der Waals surface area contributed by atoms with E-state index in [0.29, 0.717) is 68.0 Å². The molecule has 0 bridgehead atoms. The van der Waals surface area contributed by atoms with Gasteiger partial charge in [-0.1, -0.05) is 24.3 Å². The van der Waals surface area contributed by atoms with Crippen molar-refractivity contribution in [3.05, 3.63) is 83.2 Å². The van der Waals surface area contributed by atoms with Gasteiger partial charge in [-0.15, -0.1) is 5.11 Å². The summed E-state index contributed by atoms with van der Waals surface area (Å²) >= 11 is 0. The number of carbonyl (C=O) groups is 5. The fraction of sp³-hybridized carbons (Fsp3) is 0.510. The Morgan fingerprint density at radius 3 is 2.06 bits per heavy atom. The zero-order valence-electron chi connectivity index (χ0n) is 38.5. The number of halogens is 1. The molecule has 6 rings (SSSR count). The zero-order valence-corrected chi connectivity index (χ0v) is 38.5. The number of piperidine rings is 1. The van der Waals surface area contributed by atoms with Gasteiger partial charge < -0.3 is 35.1 Å². The van der Waals surface area contributed by atoms with E-state index >= 15 is 4.39 Å². The summed E-state index contributed by atoms with van der Waals surface area (Å²) in [4.78, 5) is 71.7. The Morgan fingerprint density at radius 2 is 1.46 bits per heavy atom. The molecule has 0 unspecified atom stereocenters. The maximum Gasteiger partial charge on any atom is 0.410 e. The molecule has 0 radical (unpaired) electrons. The van der Waals surface area contributed by atoms with Crippen LogP contribution < -0.4 is 20.7 Å². The quantitative estimate of drug-likeness (QED) is 0.143. The third-order valence-electron chi connectivity index (χ3n) is 11.7. The lowest BCUT2D eigenvalue weighted by molar-refractivity contribution is -0.129. The minimum atomic E-state index is -0.796. The number of benzene rings is 3. The molecule has 0 aromatic heterocycles. The molecule has 3 aliphatic rings. The average Bonchev–Trinajstić information content (AvgIpc) is 3.80. The van der Waals surface area contributed by atoms with Crippen molar-refractivity contribution in [3.63, 3.8) is 0 Å². The molecular weight excluding hydrogens is 834 g/mol. The zero-order chi connectivity index (χ0) is 46.9. The average molecular weight is 896 g/mol. The van der Waals surface area contributed by atoms with Gasteiger partial charge >= 0.3 is 12.2 Å². The lowest BCUT2D eigenvalue weighted by Gasteiger charge is -2.33. The second-order valence-electron chi connectivity index (χ2n) is 19.0. The molecule has 4 amide bonds. The molecule has 1 saturated heterocycles. The second kappa shape index (κ2) is 21.2. The number of ketones is 1. The van der Waals surface area contributed by atoms with Crippen molar-refractivity contribution in [2.24, 2.45) is 33.0 Å². The standard InChI is InChI=1S/C49H62FN7O8/c1-48(2,3)64-46(61)51-28-31-10-14-33(15-11-31)40(58)27-35(44(59)54-36-18-16-34(17-19-36)43-52-29-53-56-43)26-30-8-12-32(13-9-30)38-20-21-39(41(50)42(38)63-7)45(60)55-37-22-24-57(25-23-37)47(62)65-49(4,5)6/h8-9,12-13,16-21,31,33,35,37H,10-11,14-15,22-29H2,1-7H3,(H,51,61)(H,54,59)(H,55,60)/t31?,33?,35-/m1/s1. The van der Waals surface area contributed by atoms with Crippen LogP contribution in [0, 0.1) is 23.6 Å². The number of amides is 4. The molecule has 3 aromatic carbocycles. The monoisotopic (exact) mass is 895 g/mol. The summed E-state index contributed by atoms with van der Waals surface area (Å²) in [6.07, 6.45) is 3.33. The number of anilines is 1. The van der Waals surface area contributed by atoms with Gasteiger partial charge in [-0.2, -0.15) is 5.11 Å². The van der Waals surface area contributed by atoms with Crippen molar-refractivity contribution in [1.82, 2.24) is 15.5 Å². The Morgan fingerprint density at radius 1 is 0.815 bits per heavy atom. The van der Waals surface area contributed by atoms with E-state index in [2.05, 4.69) is 31.2 Å². The van der Waals surface area contributed by atoms with Gasteiger partial charge in [0.05, 0.1) is 12.7 Å². The number of hydrogen-bond acceptors (Lipinski definition) is 11. The Balaban J connectivity index is 1.10. The van der Waals surface area contributed by atoms with Gasteiger partial charge in [0.2, 0.25) is 5.91 Å². The largest absolute Gasteiger partial charge is 0.493 e. The number of nitrogens with zero attached hydrogens (tertiary/aromatic N) is 4. The predicted molar refractivity (Wildman–Crippen MR) is 245 cm³/mol. The molecule has 348 valence electrons. The van der Waals surface area contributed by atoms with Gasteiger partial charge in [-0.25, -0.2) is 19.0 Å². The highest BCUT2D eigenvalue weighted by Crippen LogP contribution is 2.36. The maximum atomic E-state index is 16.0. The van der Waals surface area contributed by atoms with Crippen LogP contribution in [0.1, 0.15) is 108 Å². The molecular formula is C49H62FN7O8. The third kappa shape index (κ3) is 13.7. The van der Waals surface area contributed by atoms with Crippen LogP contribution in [0.3, 0.4) is 0 Å². The molecule has 3 aromatic rings. The van der Waals surface area contributed by atoms with Crippen molar-refractivity contribution >= 4 is 41.3 Å². The van der Waals surface area contributed by atoms with Crippen LogP contribution in [0.4, 0.5) is 19.7 Å². The van der Waals surface area contributed by atoms with E-state index in [4.69, 9.17) is 14.2 Å². The number of azo groups is 1. The van der Waals surface area contributed by atoms with Gasteiger partial charge in [0.1, 0.15) is 17.0 Å². The summed E-state index contributed by atoms with van der Waals surface area (Å²) in [5.41, 5.74) is 1.85. The topological polar surface area (TPSA) is 189 Å². The lowest BCUT2D eigenvalue weighted by Crippen LogP contribution is -2.47. The molecule has 2 aliphatic heterocycles. The minimum Gasteiger partial charge on any atom is -0.493 e. The molecule has 3 N–H and O–H groups in total. The minimum absolute atomic E-state index is 0.0240. The Kier molecular flexibility index (Phi) is 15.7. The summed E-state index contributed by atoms with van der Waals surface area (Å²) < 4.78 is 32.4. The normalized spacial score (nSPS) is 18.3. The van der Waals surface area contributed by atoms with Crippen molar-refractivity contribution in [2.45, 2.75) is 110 Å². The molecule has 15 nitrogen and oxygen atoms in total. The van der Waals surface area contributed by atoms with E-state index in [1.54, 1.807) is 35.2 Å². The first-order valence-corrected chi connectivity index (χ1v) is 22.4. The number of likely N-dealkylation sites (tertiary alicyclic amines) is 1. The summed E-state index contributed by atoms with van der Waals surface area (Å²) in [5, 5.41) is 16.7. The summed E-state index contributed by atoms with van der Waals surface area (Å²) in [5.74, 6) is -1.87. The molecule has 1 aliphatic carbocycles. The maximum absolute atomic E-state index is 16.0. The molecule has 0 spiro atoms. The number of amidine groups is 1. The number of Topliss-reactive ketones (excluding diaryl/α,β-unsaturated/α-hetero) is 1. The van der Waals surface area contributed by atoms with E-state index in [9.17, 15) is 24.0 Å². The van der Waals surface area contributed by atoms with Gasteiger partial charge in [-0.3, -0.25) is 14.4 Å². The van der Waals surface area contributed by atoms with Gasteiger partial charge in [0, 0.05) is 60.7 Å². The third-order valence-corrected chi connectivity index (χ3v) is 11.7. The summed E-state index contributed by atoms with van der Waals surface area (Å²) in [6.45, 7) is 12.4. The Bertz CT molecular complexity index is 2250. The fourth-order valence-corrected chi connectivity index (χ4v) is 8.28. The molecule has 1 atom stereocenters. The molecule has 1 saturated carbocycles. The van der Waals surface area contributed by atoms with Crippen LogP contribution >= 0.6 is 0 Å². The van der Waals surface area contributed by atoms with Gasteiger partial charge in [0.25, 0.3) is 5.91 Å². The molecule has 65 heavy (non-hydrogen) atoms. The molecule has 2 heterocycles. The van der Waals surface area contributed by atoms with E-state index in [1.165, 1.54) is 13.2 Å². The van der Waals surface area contributed by atoms with E-state index < -0.39 is 41.0 Å². The lowest BCUT2D eigenvalue weighted by atomic mass is 9.77. The molecule has 2 fully saturated rings. The van der Waals surface area contributed by atoms with E-state index in [1.807, 2.05) is 65.8 Å². The van der Waals surface area contributed by atoms with Crippen LogP contribution in [0.15, 0.2) is 75.9 Å². The van der Waals surface area contributed by atoms with Gasteiger partial charge in [0.15, 0.2) is 24.1 Å². The Labute approximate surface area is 380 Å². The van der Waals surface area contributed by atoms with Crippen LogP contribution in [0.5, 0.6) is 5.75 Å². The van der Waals surface area contributed by atoms with E-state index in [0.717, 1.165) is 24.0 Å². The van der Waals surface area contributed by atoms with Crippen LogP contribution in [-0.2, 0) is 25.5 Å². The SMILES string of the molecule is COc1c(-c2ccc(C[C@H](CC(=O)C3CCC(CNC(=O)OC(C)(C)C)CC3)C(=O)Nc3ccc(C4=NCN=N4)cc3)cc2)ccc(C(=O)NC2CCN(C(=O)OC(C)(C)C)CC2)c1F. The summed E-state index contributed by atoms with van der Waals surface area (Å²) in [7, 11) is 1.35. The number of ether oxygens (including phenoxy) is 3. The summed E-state index contributed by atoms with van der Waals surface area (Å²) in [6, 6.07) is 17.3.